The largest absolute Gasteiger partial charge is 0.432 e. The fourth-order valence-corrected chi connectivity index (χ4v) is 2.78. The van der Waals surface area contributed by atoms with E-state index in [9.17, 15) is 4.79 Å². The lowest BCUT2D eigenvalue weighted by Gasteiger charge is -2.34. The lowest BCUT2D eigenvalue weighted by Crippen LogP contribution is -2.48. The lowest BCUT2D eigenvalue weighted by molar-refractivity contribution is -0.284. The Kier molecular flexibility index (Phi) is 4.18. The van der Waals surface area contributed by atoms with Gasteiger partial charge in [0.2, 0.25) is 6.29 Å². The molecule has 0 radical (unpaired) electrons. The molecule has 4 atom stereocenters. The molecule has 0 aliphatic carbocycles. The molecule has 2 saturated heterocycles. The molecule has 0 amide bonds. The molecule has 6 nitrogen and oxygen atoms in total. The fourth-order valence-electron chi connectivity index (χ4n) is 2.78. The van der Waals surface area contributed by atoms with E-state index in [1.54, 1.807) is 24.3 Å². The average Bonchev–Trinajstić information content (AvgIpc) is 2.81. The van der Waals surface area contributed by atoms with Crippen molar-refractivity contribution in [3.8, 4) is 0 Å². The van der Waals surface area contributed by atoms with E-state index >= 15 is 0 Å². The number of ether oxygens (including phenoxy) is 5. The monoisotopic (exact) mass is 308 g/mol. The smallest absolute Gasteiger partial charge is 0.340 e. The minimum Gasteiger partial charge on any atom is -0.432 e. The summed E-state index contributed by atoms with van der Waals surface area (Å²) in [6, 6.07) is 8.79. The van der Waals surface area contributed by atoms with Gasteiger partial charge >= 0.3 is 5.97 Å². The molecule has 2 aliphatic heterocycles. The van der Waals surface area contributed by atoms with Crippen LogP contribution in [0.5, 0.6) is 0 Å². The van der Waals surface area contributed by atoms with Crippen molar-refractivity contribution in [1.82, 2.24) is 0 Å². The van der Waals surface area contributed by atoms with Crippen molar-refractivity contribution in [3.05, 3.63) is 35.9 Å². The summed E-state index contributed by atoms with van der Waals surface area (Å²) in [6.45, 7) is 3.67. The van der Waals surface area contributed by atoms with Gasteiger partial charge in [0.1, 0.15) is 6.10 Å². The summed E-state index contributed by atoms with van der Waals surface area (Å²) >= 11 is 0. The van der Waals surface area contributed by atoms with Gasteiger partial charge in [0.25, 0.3) is 0 Å². The van der Waals surface area contributed by atoms with Crippen molar-refractivity contribution < 1.29 is 28.5 Å². The van der Waals surface area contributed by atoms with Gasteiger partial charge in [0.15, 0.2) is 12.1 Å². The number of esters is 1. The number of carbonyl (C=O) groups excluding carboxylic acids is 1. The minimum atomic E-state index is -0.726. The average molecular weight is 308 g/mol. The first-order valence-corrected chi connectivity index (χ1v) is 7.28. The van der Waals surface area contributed by atoms with E-state index in [-0.39, 0.29) is 12.2 Å². The minimum absolute atomic E-state index is 0.234. The Hall–Kier alpha value is -1.47. The molecular weight excluding hydrogens is 288 g/mol. The van der Waals surface area contributed by atoms with E-state index in [0.29, 0.717) is 12.0 Å². The van der Waals surface area contributed by atoms with Gasteiger partial charge in [-0.3, -0.25) is 0 Å². The second-order valence-corrected chi connectivity index (χ2v) is 5.82. The highest BCUT2D eigenvalue weighted by atomic mass is 16.8. The summed E-state index contributed by atoms with van der Waals surface area (Å²) in [5.74, 6) is -1.13. The summed E-state index contributed by atoms with van der Waals surface area (Å²) in [4.78, 5) is 12.1. The van der Waals surface area contributed by atoms with Crippen LogP contribution < -0.4 is 0 Å². The molecule has 3 unspecified atom stereocenters. The Balaban J connectivity index is 1.67. The molecule has 2 aliphatic rings. The zero-order valence-corrected chi connectivity index (χ0v) is 12.9. The molecule has 0 aromatic heterocycles. The zero-order chi connectivity index (χ0) is 15.7. The highest BCUT2D eigenvalue weighted by Gasteiger charge is 2.51. The van der Waals surface area contributed by atoms with Crippen molar-refractivity contribution >= 4 is 5.97 Å². The van der Waals surface area contributed by atoms with Gasteiger partial charge in [0.05, 0.1) is 11.7 Å². The number of fused-ring (bicyclic) bond motifs is 1. The van der Waals surface area contributed by atoms with Crippen molar-refractivity contribution in [1.29, 1.82) is 0 Å². The second-order valence-electron chi connectivity index (χ2n) is 5.82. The quantitative estimate of drug-likeness (QED) is 0.797. The van der Waals surface area contributed by atoms with Gasteiger partial charge in [-0.15, -0.1) is 0 Å². The fraction of sp³-hybridized carbons (Fsp3) is 0.562. The predicted octanol–water partition coefficient (Wildman–Crippen LogP) is 2.08. The highest BCUT2D eigenvalue weighted by molar-refractivity contribution is 5.89. The van der Waals surface area contributed by atoms with Crippen LogP contribution in [-0.2, 0) is 23.7 Å². The van der Waals surface area contributed by atoms with E-state index in [2.05, 4.69) is 0 Å². The van der Waals surface area contributed by atoms with Crippen molar-refractivity contribution in [2.24, 2.45) is 0 Å². The number of benzene rings is 1. The molecule has 0 spiro atoms. The van der Waals surface area contributed by atoms with E-state index in [1.165, 1.54) is 7.11 Å². The summed E-state index contributed by atoms with van der Waals surface area (Å²) in [5, 5.41) is 0. The summed E-state index contributed by atoms with van der Waals surface area (Å²) in [7, 11) is 1.53. The third-order valence-corrected chi connectivity index (χ3v) is 3.68. The first kappa shape index (κ1) is 15.4. The van der Waals surface area contributed by atoms with Gasteiger partial charge in [-0.25, -0.2) is 4.79 Å². The third kappa shape index (κ3) is 3.15. The van der Waals surface area contributed by atoms with Crippen molar-refractivity contribution in [2.75, 3.05) is 7.11 Å². The van der Waals surface area contributed by atoms with Crippen LogP contribution in [0.4, 0.5) is 0 Å². The molecular formula is C16H20O6. The molecule has 120 valence electrons. The molecule has 6 heteroatoms. The molecule has 1 aromatic carbocycles. The van der Waals surface area contributed by atoms with Gasteiger partial charge in [-0.1, -0.05) is 18.2 Å². The van der Waals surface area contributed by atoms with Crippen LogP contribution in [-0.4, -0.2) is 43.7 Å². The lowest BCUT2D eigenvalue weighted by atomic mass is 10.1. The number of hydrogen-bond donors (Lipinski definition) is 0. The molecule has 2 fully saturated rings. The van der Waals surface area contributed by atoms with Gasteiger partial charge in [0, 0.05) is 13.5 Å². The van der Waals surface area contributed by atoms with Crippen molar-refractivity contribution in [3.63, 3.8) is 0 Å². The zero-order valence-electron chi connectivity index (χ0n) is 12.9. The Morgan fingerprint density at radius 1 is 1.23 bits per heavy atom. The molecule has 2 heterocycles. The van der Waals surface area contributed by atoms with Crippen LogP contribution in [0.15, 0.2) is 30.3 Å². The van der Waals surface area contributed by atoms with Gasteiger partial charge in [-0.05, 0) is 26.0 Å². The molecule has 0 saturated carbocycles. The predicted molar refractivity (Wildman–Crippen MR) is 76.0 cm³/mol. The standard InChI is InChI=1S/C16H20O6/c1-16(2)21-11-9-12(20-15(18-3)13(11)22-16)19-14(17)10-7-5-4-6-8-10/h4-8,11-13,15H,9H2,1-3H3/t11?,12-,13?,15?/m1/s1. The normalized spacial score (nSPS) is 33.2. The summed E-state index contributed by atoms with van der Waals surface area (Å²) < 4.78 is 28.0. The first-order valence-electron chi connectivity index (χ1n) is 7.28. The topological polar surface area (TPSA) is 63.2 Å². The highest BCUT2D eigenvalue weighted by Crippen LogP contribution is 2.37. The van der Waals surface area contributed by atoms with Gasteiger partial charge in [-0.2, -0.15) is 0 Å². The number of hydrogen-bond acceptors (Lipinski definition) is 6. The Morgan fingerprint density at radius 3 is 2.64 bits per heavy atom. The van der Waals surface area contributed by atoms with E-state index in [0.717, 1.165) is 0 Å². The van der Waals surface area contributed by atoms with Crippen LogP contribution in [0, 0.1) is 0 Å². The third-order valence-electron chi connectivity index (χ3n) is 3.68. The van der Waals surface area contributed by atoms with E-state index < -0.39 is 24.3 Å². The van der Waals surface area contributed by atoms with Crippen LogP contribution >= 0.6 is 0 Å². The second kappa shape index (κ2) is 5.96. The van der Waals surface area contributed by atoms with Crippen LogP contribution in [0.25, 0.3) is 0 Å². The van der Waals surface area contributed by atoms with Crippen LogP contribution in [0.1, 0.15) is 30.6 Å². The number of rotatable bonds is 3. The Bertz CT molecular complexity index is 529. The summed E-state index contributed by atoms with van der Waals surface area (Å²) in [6.07, 6.45) is -1.51. The van der Waals surface area contributed by atoms with E-state index in [4.69, 9.17) is 23.7 Å². The maximum absolute atomic E-state index is 12.1. The van der Waals surface area contributed by atoms with E-state index in [1.807, 2.05) is 19.9 Å². The SMILES string of the molecule is COC1O[C@@H](OC(=O)c2ccccc2)CC2OC(C)(C)OC21. The van der Waals surface area contributed by atoms with Crippen molar-refractivity contribution in [2.45, 2.75) is 50.8 Å². The number of methoxy groups -OCH3 is 1. The molecule has 1 aromatic rings. The Labute approximate surface area is 129 Å². The Morgan fingerprint density at radius 2 is 1.95 bits per heavy atom. The number of carbonyl (C=O) groups is 1. The van der Waals surface area contributed by atoms with Gasteiger partial charge < -0.3 is 23.7 Å². The van der Waals surface area contributed by atoms with Crippen LogP contribution in [0.3, 0.4) is 0 Å². The summed E-state index contributed by atoms with van der Waals surface area (Å²) in [5.41, 5.74) is 0.478. The first-order chi connectivity index (χ1) is 10.5. The maximum Gasteiger partial charge on any atom is 0.340 e. The molecule has 22 heavy (non-hydrogen) atoms. The molecule has 0 bridgehead atoms. The molecule has 0 N–H and O–H groups in total. The van der Waals surface area contributed by atoms with Crippen LogP contribution in [0.2, 0.25) is 0 Å². The molecule has 3 rings (SSSR count). The maximum atomic E-state index is 12.1.